The van der Waals surface area contributed by atoms with Gasteiger partial charge in [0, 0.05) is 12.0 Å². The fraction of sp³-hybridized carbons (Fsp3) is 0.714. The van der Waals surface area contributed by atoms with Crippen LogP contribution < -0.4 is 10.9 Å². The monoisotopic (exact) mass is 247 g/mol. The van der Waals surface area contributed by atoms with E-state index in [0.717, 1.165) is 24.5 Å². The van der Waals surface area contributed by atoms with E-state index >= 15 is 0 Å². The lowest BCUT2D eigenvalue weighted by atomic mass is 10.0. The molecule has 3 rings (SSSR count). The zero-order valence-corrected chi connectivity index (χ0v) is 10.7. The summed E-state index contributed by atoms with van der Waals surface area (Å²) in [6, 6.07) is 1.94. The number of hydrogen-bond acceptors (Lipinski definition) is 3. The molecule has 18 heavy (non-hydrogen) atoms. The Morgan fingerprint density at radius 2 is 1.89 bits per heavy atom. The molecule has 1 aliphatic carbocycles. The smallest absolute Gasteiger partial charge is 0.251 e. The van der Waals surface area contributed by atoms with Crippen LogP contribution in [0.3, 0.4) is 0 Å². The summed E-state index contributed by atoms with van der Waals surface area (Å²) in [5.74, 6) is 1.36. The summed E-state index contributed by atoms with van der Waals surface area (Å²) in [5.41, 5.74) is 1.02. The van der Waals surface area contributed by atoms with Gasteiger partial charge in [-0.25, -0.2) is 4.98 Å². The maximum absolute atomic E-state index is 11.8. The minimum Gasteiger partial charge on any atom is -0.309 e. The standard InChI is InChI=1S/C14H21N3O/c18-13-9-12(10-5-1-2-6-10)16-14(17-13)11-7-3-4-8-15-11/h9-11,15H,1-8H2,(H,16,17,18). The highest BCUT2D eigenvalue weighted by Gasteiger charge is 2.22. The first-order valence-electron chi connectivity index (χ1n) is 7.17. The number of nitrogens with one attached hydrogen (secondary N) is 2. The first-order valence-corrected chi connectivity index (χ1v) is 7.17. The lowest BCUT2D eigenvalue weighted by Crippen LogP contribution is -2.30. The fourth-order valence-electron chi connectivity index (χ4n) is 3.18. The van der Waals surface area contributed by atoms with Gasteiger partial charge in [-0.15, -0.1) is 0 Å². The fourth-order valence-corrected chi connectivity index (χ4v) is 3.18. The van der Waals surface area contributed by atoms with Crippen molar-refractivity contribution in [3.63, 3.8) is 0 Å². The van der Waals surface area contributed by atoms with Crippen molar-refractivity contribution in [2.75, 3.05) is 6.54 Å². The van der Waals surface area contributed by atoms with E-state index < -0.39 is 0 Å². The van der Waals surface area contributed by atoms with Crippen molar-refractivity contribution < 1.29 is 0 Å². The van der Waals surface area contributed by atoms with Crippen molar-refractivity contribution >= 4 is 0 Å². The van der Waals surface area contributed by atoms with Gasteiger partial charge in [0.25, 0.3) is 5.56 Å². The van der Waals surface area contributed by atoms with Gasteiger partial charge in [0.1, 0.15) is 5.82 Å². The van der Waals surface area contributed by atoms with Crippen molar-refractivity contribution in [2.24, 2.45) is 0 Å². The first-order chi connectivity index (χ1) is 8.83. The molecule has 1 aromatic heterocycles. The van der Waals surface area contributed by atoms with Crippen LogP contribution in [0, 0.1) is 0 Å². The Labute approximate surface area is 107 Å². The molecule has 2 fully saturated rings. The van der Waals surface area contributed by atoms with E-state index in [1.54, 1.807) is 6.07 Å². The summed E-state index contributed by atoms with van der Waals surface area (Å²) >= 11 is 0. The van der Waals surface area contributed by atoms with Gasteiger partial charge in [0.15, 0.2) is 0 Å². The second-order valence-corrected chi connectivity index (χ2v) is 5.54. The molecule has 2 N–H and O–H groups in total. The van der Waals surface area contributed by atoms with Gasteiger partial charge in [-0.2, -0.15) is 0 Å². The minimum atomic E-state index is 0.00859. The third-order valence-corrected chi connectivity index (χ3v) is 4.19. The number of H-pyrrole nitrogens is 1. The zero-order chi connectivity index (χ0) is 12.4. The molecule has 98 valence electrons. The SMILES string of the molecule is O=c1cc(C2CCCC2)nc(C2CCCCN2)[nH]1. The van der Waals surface area contributed by atoms with Crippen molar-refractivity contribution in [1.29, 1.82) is 0 Å². The summed E-state index contributed by atoms with van der Waals surface area (Å²) < 4.78 is 0. The molecule has 0 amide bonds. The third kappa shape index (κ3) is 2.48. The Morgan fingerprint density at radius 3 is 2.61 bits per heavy atom. The Bertz CT molecular complexity index is 456. The largest absolute Gasteiger partial charge is 0.309 e. The third-order valence-electron chi connectivity index (χ3n) is 4.19. The van der Waals surface area contributed by atoms with Gasteiger partial charge in [-0.1, -0.05) is 19.3 Å². The quantitative estimate of drug-likeness (QED) is 0.842. The van der Waals surface area contributed by atoms with E-state index in [1.165, 1.54) is 38.5 Å². The number of hydrogen-bond donors (Lipinski definition) is 2. The van der Waals surface area contributed by atoms with Crippen LogP contribution in [0.5, 0.6) is 0 Å². The lowest BCUT2D eigenvalue weighted by molar-refractivity contribution is 0.395. The molecule has 2 aliphatic rings. The average Bonchev–Trinajstić information content (AvgIpc) is 2.93. The minimum absolute atomic E-state index is 0.00859. The van der Waals surface area contributed by atoms with Gasteiger partial charge in [-0.3, -0.25) is 4.79 Å². The topological polar surface area (TPSA) is 57.8 Å². The van der Waals surface area contributed by atoms with Crippen LogP contribution in [0.4, 0.5) is 0 Å². The van der Waals surface area contributed by atoms with Gasteiger partial charge in [-0.05, 0) is 32.2 Å². The molecule has 1 saturated heterocycles. The molecule has 2 heterocycles. The molecule has 1 aliphatic heterocycles. The molecule has 0 spiro atoms. The molecule has 0 bridgehead atoms. The normalized spacial score (nSPS) is 25.4. The number of aromatic nitrogens is 2. The van der Waals surface area contributed by atoms with Gasteiger partial charge < -0.3 is 10.3 Å². The maximum atomic E-state index is 11.8. The molecule has 0 radical (unpaired) electrons. The van der Waals surface area contributed by atoms with Crippen LogP contribution in [0.15, 0.2) is 10.9 Å². The molecule has 1 unspecified atom stereocenters. The molecule has 4 nitrogen and oxygen atoms in total. The van der Waals surface area contributed by atoms with Crippen LogP contribution in [0.25, 0.3) is 0 Å². The van der Waals surface area contributed by atoms with E-state index in [-0.39, 0.29) is 11.6 Å². The van der Waals surface area contributed by atoms with E-state index in [9.17, 15) is 4.79 Å². The average molecular weight is 247 g/mol. The predicted molar refractivity (Wildman–Crippen MR) is 70.7 cm³/mol. The summed E-state index contributed by atoms with van der Waals surface area (Å²) in [6.07, 6.45) is 8.45. The maximum Gasteiger partial charge on any atom is 0.251 e. The first kappa shape index (κ1) is 11.9. The number of rotatable bonds is 2. The summed E-state index contributed by atoms with van der Waals surface area (Å²) in [6.45, 7) is 1.03. The molecule has 0 aromatic carbocycles. The Kier molecular flexibility index (Phi) is 3.46. The van der Waals surface area contributed by atoms with E-state index in [2.05, 4.69) is 10.3 Å². The molecular weight excluding hydrogens is 226 g/mol. The Hall–Kier alpha value is -1.16. The number of aromatic amines is 1. The van der Waals surface area contributed by atoms with Crippen LogP contribution in [0.1, 0.15) is 68.4 Å². The van der Waals surface area contributed by atoms with Crippen molar-refractivity contribution in [3.05, 3.63) is 27.9 Å². The number of nitrogens with zero attached hydrogens (tertiary/aromatic N) is 1. The molecule has 1 atom stereocenters. The van der Waals surface area contributed by atoms with Crippen LogP contribution in [0.2, 0.25) is 0 Å². The van der Waals surface area contributed by atoms with Crippen LogP contribution in [-0.2, 0) is 0 Å². The van der Waals surface area contributed by atoms with E-state index in [4.69, 9.17) is 4.98 Å². The highest BCUT2D eigenvalue weighted by molar-refractivity contribution is 5.12. The van der Waals surface area contributed by atoms with Crippen molar-refractivity contribution in [2.45, 2.75) is 56.9 Å². The Morgan fingerprint density at radius 1 is 1.11 bits per heavy atom. The second kappa shape index (κ2) is 5.22. The summed E-state index contributed by atoms with van der Waals surface area (Å²) in [4.78, 5) is 19.4. The van der Waals surface area contributed by atoms with Crippen LogP contribution in [-0.4, -0.2) is 16.5 Å². The summed E-state index contributed by atoms with van der Waals surface area (Å²) in [5, 5.41) is 3.45. The van der Waals surface area contributed by atoms with E-state index in [0.29, 0.717) is 5.92 Å². The predicted octanol–water partition coefficient (Wildman–Crippen LogP) is 2.24. The number of piperidine rings is 1. The van der Waals surface area contributed by atoms with Gasteiger partial charge in [0.05, 0.1) is 11.7 Å². The lowest BCUT2D eigenvalue weighted by Gasteiger charge is -2.23. The van der Waals surface area contributed by atoms with Gasteiger partial charge >= 0.3 is 0 Å². The van der Waals surface area contributed by atoms with Crippen molar-refractivity contribution in [1.82, 2.24) is 15.3 Å². The van der Waals surface area contributed by atoms with E-state index in [1.807, 2.05) is 0 Å². The van der Waals surface area contributed by atoms with Crippen LogP contribution >= 0.6 is 0 Å². The Balaban J connectivity index is 1.87. The highest BCUT2D eigenvalue weighted by atomic mass is 16.1. The second-order valence-electron chi connectivity index (χ2n) is 5.54. The summed E-state index contributed by atoms with van der Waals surface area (Å²) in [7, 11) is 0. The molecule has 4 heteroatoms. The molecule has 1 saturated carbocycles. The molecular formula is C14H21N3O. The van der Waals surface area contributed by atoms with Crippen molar-refractivity contribution in [3.8, 4) is 0 Å². The molecule has 1 aromatic rings. The highest BCUT2D eigenvalue weighted by Crippen LogP contribution is 2.32. The zero-order valence-electron chi connectivity index (χ0n) is 10.7. The van der Waals surface area contributed by atoms with Gasteiger partial charge in [0.2, 0.25) is 0 Å².